The zero-order valence-electron chi connectivity index (χ0n) is 11.7. The van der Waals surface area contributed by atoms with Crippen molar-refractivity contribution in [2.45, 2.75) is 6.92 Å². The Hall–Kier alpha value is -2.82. The molecule has 1 aromatic heterocycles. The van der Waals surface area contributed by atoms with Crippen molar-refractivity contribution in [3.63, 3.8) is 0 Å². The van der Waals surface area contributed by atoms with Crippen molar-refractivity contribution < 1.29 is 4.79 Å². The first kappa shape index (κ1) is 13.2. The first-order valence-electron chi connectivity index (χ1n) is 6.86. The highest BCUT2D eigenvalue weighted by Gasteiger charge is 2.06. The van der Waals surface area contributed by atoms with E-state index >= 15 is 0 Å². The number of urea groups is 1. The summed E-state index contributed by atoms with van der Waals surface area (Å²) in [7, 11) is 0. The number of anilines is 1. The lowest BCUT2D eigenvalue weighted by Crippen LogP contribution is -2.28. The van der Waals surface area contributed by atoms with Gasteiger partial charge in [-0.3, -0.25) is 0 Å². The maximum absolute atomic E-state index is 11.6. The van der Waals surface area contributed by atoms with E-state index in [-0.39, 0.29) is 6.03 Å². The second-order valence-corrected chi connectivity index (χ2v) is 4.67. The highest BCUT2D eigenvalue weighted by molar-refractivity contribution is 5.90. The Morgan fingerprint density at radius 2 is 2.05 bits per heavy atom. The van der Waals surface area contributed by atoms with Gasteiger partial charge < -0.3 is 15.6 Å². The molecular formula is C16H16N4O. The molecule has 0 spiro atoms. The number of para-hydroxylation sites is 2. The van der Waals surface area contributed by atoms with Gasteiger partial charge >= 0.3 is 6.03 Å². The van der Waals surface area contributed by atoms with Gasteiger partial charge in [-0.2, -0.15) is 0 Å². The molecule has 1 heterocycles. The van der Waals surface area contributed by atoms with E-state index in [0.29, 0.717) is 6.54 Å². The van der Waals surface area contributed by atoms with Gasteiger partial charge in [-0.1, -0.05) is 24.3 Å². The Balaban J connectivity index is 1.90. The summed E-state index contributed by atoms with van der Waals surface area (Å²) < 4.78 is 0. The van der Waals surface area contributed by atoms with E-state index in [0.717, 1.165) is 28.1 Å². The number of benzene rings is 2. The molecule has 3 N–H and O–H groups in total. The minimum Gasteiger partial charge on any atom is -0.338 e. The predicted octanol–water partition coefficient (Wildman–Crippen LogP) is 3.37. The average molecular weight is 280 g/mol. The highest BCUT2D eigenvalue weighted by Crippen LogP contribution is 2.22. The lowest BCUT2D eigenvalue weighted by Gasteiger charge is -2.06. The monoisotopic (exact) mass is 280 g/mol. The molecule has 0 fully saturated rings. The normalized spacial score (nSPS) is 10.5. The number of amides is 2. The summed E-state index contributed by atoms with van der Waals surface area (Å²) in [6.45, 7) is 2.47. The van der Waals surface area contributed by atoms with Gasteiger partial charge in [0.05, 0.1) is 11.0 Å². The van der Waals surface area contributed by atoms with Crippen LogP contribution >= 0.6 is 0 Å². The molecule has 21 heavy (non-hydrogen) atoms. The highest BCUT2D eigenvalue weighted by atomic mass is 16.2. The van der Waals surface area contributed by atoms with Gasteiger partial charge in [-0.25, -0.2) is 9.78 Å². The maximum Gasteiger partial charge on any atom is 0.319 e. The number of hydrogen-bond acceptors (Lipinski definition) is 2. The Labute approximate surface area is 122 Å². The smallest absolute Gasteiger partial charge is 0.319 e. The summed E-state index contributed by atoms with van der Waals surface area (Å²) in [5, 5.41) is 5.50. The Bertz CT molecular complexity index is 746. The predicted molar refractivity (Wildman–Crippen MR) is 84.2 cm³/mol. The van der Waals surface area contributed by atoms with Crippen molar-refractivity contribution in [2.75, 3.05) is 11.9 Å². The second-order valence-electron chi connectivity index (χ2n) is 4.67. The summed E-state index contributed by atoms with van der Waals surface area (Å²) in [6.07, 6.45) is 0. The lowest BCUT2D eigenvalue weighted by molar-refractivity contribution is 0.252. The first-order chi connectivity index (χ1) is 10.3. The fourth-order valence-corrected chi connectivity index (χ4v) is 2.17. The van der Waals surface area contributed by atoms with E-state index in [2.05, 4.69) is 20.6 Å². The van der Waals surface area contributed by atoms with E-state index in [1.54, 1.807) is 0 Å². The van der Waals surface area contributed by atoms with Crippen LogP contribution in [0.2, 0.25) is 0 Å². The molecule has 5 heteroatoms. The van der Waals surface area contributed by atoms with Crippen molar-refractivity contribution in [1.29, 1.82) is 0 Å². The zero-order chi connectivity index (χ0) is 14.7. The van der Waals surface area contributed by atoms with Crippen LogP contribution in [0.4, 0.5) is 10.5 Å². The number of rotatable bonds is 3. The maximum atomic E-state index is 11.6. The number of carbonyl (C=O) groups is 1. The quantitative estimate of drug-likeness (QED) is 0.688. The molecule has 106 valence electrons. The van der Waals surface area contributed by atoms with Crippen LogP contribution in [0, 0.1) is 0 Å². The number of fused-ring (bicyclic) bond motifs is 1. The van der Waals surface area contributed by atoms with Gasteiger partial charge in [0.1, 0.15) is 5.82 Å². The molecule has 0 saturated heterocycles. The van der Waals surface area contributed by atoms with Crippen molar-refractivity contribution in [1.82, 2.24) is 15.3 Å². The molecule has 5 nitrogen and oxygen atoms in total. The van der Waals surface area contributed by atoms with Crippen LogP contribution < -0.4 is 10.6 Å². The second kappa shape index (κ2) is 5.66. The van der Waals surface area contributed by atoms with Crippen LogP contribution in [0.3, 0.4) is 0 Å². The van der Waals surface area contributed by atoms with Gasteiger partial charge in [0.15, 0.2) is 0 Å². The van der Waals surface area contributed by atoms with Gasteiger partial charge in [0.2, 0.25) is 0 Å². The molecule has 3 aromatic rings. The number of imidazole rings is 1. The number of hydrogen-bond donors (Lipinski definition) is 3. The fourth-order valence-electron chi connectivity index (χ4n) is 2.17. The number of nitrogens with one attached hydrogen (secondary N) is 3. The van der Waals surface area contributed by atoms with Crippen LogP contribution in [-0.2, 0) is 0 Å². The Kier molecular flexibility index (Phi) is 3.55. The largest absolute Gasteiger partial charge is 0.338 e. The molecule has 0 aliphatic carbocycles. The number of H-pyrrole nitrogens is 1. The number of aromatic nitrogens is 2. The van der Waals surface area contributed by atoms with Gasteiger partial charge in [-0.15, -0.1) is 0 Å². The van der Waals surface area contributed by atoms with Gasteiger partial charge in [0.25, 0.3) is 0 Å². The van der Waals surface area contributed by atoms with Crippen molar-refractivity contribution in [3.8, 4) is 11.4 Å². The Morgan fingerprint density at radius 1 is 1.19 bits per heavy atom. The molecule has 0 saturated carbocycles. The summed E-state index contributed by atoms with van der Waals surface area (Å²) in [5.74, 6) is 0.788. The molecule has 0 unspecified atom stereocenters. The molecule has 0 aliphatic heterocycles. The van der Waals surface area contributed by atoms with Crippen molar-refractivity contribution in [3.05, 3.63) is 48.5 Å². The number of aromatic amines is 1. The zero-order valence-corrected chi connectivity index (χ0v) is 11.7. The van der Waals surface area contributed by atoms with Crippen LogP contribution in [0.15, 0.2) is 48.5 Å². The van der Waals surface area contributed by atoms with E-state index in [4.69, 9.17) is 0 Å². The molecule has 0 radical (unpaired) electrons. The minimum atomic E-state index is -0.209. The fraction of sp³-hybridized carbons (Fsp3) is 0.125. The molecular weight excluding hydrogens is 264 g/mol. The number of nitrogens with zero attached hydrogens (tertiary/aromatic N) is 1. The van der Waals surface area contributed by atoms with E-state index in [9.17, 15) is 4.79 Å². The summed E-state index contributed by atoms with van der Waals surface area (Å²) in [6, 6.07) is 15.3. The SMILES string of the molecule is CCNC(=O)Nc1cccc(-c2nc3ccccc3[nH]2)c1. The molecule has 2 aromatic carbocycles. The third-order valence-electron chi connectivity index (χ3n) is 3.12. The number of carbonyl (C=O) groups excluding carboxylic acids is 1. The topological polar surface area (TPSA) is 69.8 Å². The third-order valence-corrected chi connectivity index (χ3v) is 3.12. The summed E-state index contributed by atoms with van der Waals surface area (Å²) >= 11 is 0. The molecule has 0 atom stereocenters. The van der Waals surface area contributed by atoms with Crippen molar-refractivity contribution >= 4 is 22.8 Å². The van der Waals surface area contributed by atoms with Crippen molar-refractivity contribution in [2.24, 2.45) is 0 Å². The van der Waals surface area contributed by atoms with Crippen LogP contribution in [0.25, 0.3) is 22.4 Å². The molecule has 2 amide bonds. The van der Waals surface area contributed by atoms with Crippen LogP contribution in [-0.4, -0.2) is 22.5 Å². The third kappa shape index (κ3) is 2.86. The van der Waals surface area contributed by atoms with Crippen LogP contribution in [0.1, 0.15) is 6.92 Å². The minimum absolute atomic E-state index is 0.209. The standard InChI is InChI=1S/C16H16N4O/c1-2-17-16(21)18-12-7-5-6-11(10-12)15-19-13-8-3-4-9-14(13)20-15/h3-10H,2H2,1H3,(H,19,20)(H2,17,18,21). The Morgan fingerprint density at radius 3 is 2.86 bits per heavy atom. The summed E-state index contributed by atoms with van der Waals surface area (Å²) in [4.78, 5) is 19.4. The van der Waals surface area contributed by atoms with Gasteiger partial charge in [-0.05, 0) is 31.2 Å². The molecule has 0 aliphatic rings. The summed E-state index contributed by atoms with van der Waals surface area (Å²) in [5.41, 5.74) is 3.59. The van der Waals surface area contributed by atoms with Crippen LogP contribution in [0.5, 0.6) is 0 Å². The van der Waals surface area contributed by atoms with E-state index in [1.165, 1.54) is 0 Å². The average Bonchev–Trinajstić information content (AvgIpc) is 2.91. The van der Waals surface area contributed by atoms with E-state index in [1.807, 2.05) is 55.5 Å². The lowest BCUT2D eigenvalue weighted by atomic mass is 10.2. The molecule has 3 rings (SSSR count). The van der Waals surface area contributed by atoms with E-state index < -0.39 is 0 Å². The molecule has 0 bridgehead atoms. The first-order valence-corrected chi connectivity index (χ1v) is 6.86. The van der Waals surface area contributed by atoms with Gasteiger partial charge in [0, 0.05) is 17.8 Å².